The summed E-state index contributed by atoms with van der Waals surface area (Å²) in [6, 6.07) is 1.87. The van der Waals surface area contributed by atoms with Gasteiger partial charge in [0.25, 0.3) is 0 Å². The molecule has 1 aromatic rings. The molecule has 1 unspecified atom stereocenters. The average molecular weight is 233 g/mol. The molecule has 0 spiro atoms. The van der Waals surface area contributed by atoms with Crippen LogP contribution in [-0.2, 0) is 6.42 Å². The Bertz CT molecular complexity index is 345. The number of fused-ring (bicyclic) bond motifs is 1. The Balaban J connectivity index is 1.88. The van der Waals surface area contributed by atoms with Gasteiger partial charge in [0.1, 0.15) is 5.76 Å². The van der Waals surface area contributed by atoms with Crippen molar-refractivity contribution in [2.24, 2.45) is 0 Å². The van der Waals surface area contributed by atoms with E-state index in [0.29, 0.717) is 0 Å². The zero-order valence-corrected chi connectivity index (χ0v) is 8.81. The Morgan fingerprint density at radius 3 is 3.00 bits per heavy atom. The van der Waals surface area contributed by atoms with E-state index >= 15 is 0 Å². The number of aryl methyl sites for hydroxylation is 1. The summed E-state index contributed by atoms with van der Waals surface area (Å²) in [6.07, 6.45) is -0.527. The number of alkyl halides is 3. The van der Waals surface area contributed by atoms with Crippen LogP contribution in [0.3, 0.4) is 0 Å². The molecule has 2 nitrogen and oxygen atoms in total. The minimum atomic E-state index is -4.08. The molecule has 0 aliphatic heterocycles. The first-order valence-electron chi connectivity index (χ1n) is 5.43. The van der Waals surface area contributed by atoms with Crippen LogP contribution in [0.15, 0.2) is 16.7 Å². The van der Waals surface area contributed by atoms with Gasteiger partial charge in [-0.2, -0.15) is 13.2 Å². The first-order chi connectivity index (χ1) is 7.56. The monoisotopic (exact) mass is 233 g/mol. The highest BCUT2D eigenvalue weighted by Crippen LogP contribution is 2.30. The second kappa shape index (κ2) is 4.49. The van der Waals surface area contributed by atoms with E-state index in [-0.39, 0.29) is 12.6 Å². The van der Waals surface area contributed by atoms with Gasteiger partial charge in [-0.1, -0.05) is 0 Å². The summed E-state index contributed by atoms with van der Waals surface area (Å²) in [6.45, 7) is -0.0290. The van der Waals surface area contributed by atoms with Crippen molar-refractivity contribution in [2.75, 3.05) is 6.54 Å². The lowest BCUT2D eigenvalue weighted by atomic mass is 9.93. The molecule has 0 fully saturated rings. The SMILES string of the molecule is FC(F)(F)CCNC1CCCc2occc21. The van der Waals surface area contributed by atoms with Crippen LogP contribution in [-0.4, -0.2) is 12.7 Å². The fourth-order valence-corrected chi connectivity index (χ4v) is 2.09. The van der Waals surface area contributed by atoms with Gasteiger partial charge in [-0.25, -0.2) is 0 Å². The van der Waals surface area contributed by atoms with Crippen LogP contribution in [0.5, 0.6) is 0 Å². The van der Waals surface area contributed by atoms with Gasteiger partial charge < -0.3 is 9.73 Å². The van der Waals surface area contributed by atoms with E-state index in [1.807, 2.05) is 6.07 Å². The van der Waals surface area contributed by atoms with E-state index in [9.17, 15) is 13.2 Å². The third kappa shape index (κ3) is 2.78. The number of nitrogens with one attached hydrogen (secondary N) is 1. The van der Waals surface area contributed by atoms with E-state index in [0.717, 1.165) is 30.6 Å². The predicted molar refractivity (Wildman–Crippen MR) is 53.1 cm³/mol. The summed E-state index contributed by atoms with van der Waals surface area (Å²) >= 11 is 0. The zero-order valence-electron chi connectivity index (χ0n) is 8.81. The van der Waals surface area contributed by atoms with Crippen molar-refractivity contribution in [3.05, 3.63) is 23.7 Å². The molecular weight excluding hydrogens is 219 g/mol. The van der Waals surface area contributed by atoms with Crippen molar-refractivity contribution < 1.29 is 17.6 Å². The fraction of sp³-hybridized carbons (Fsp3) is 0.636. The van der Waals surface area contributed by atoms with Crippen molar-refractivity contribution in [3.8, 4) is 0 Å². The third-order valence-electron chi connectivity index (χ3n) is 2.85. The molecule has 2 rings (SSSR count). The summed E-state index contributed by atoms with van der Waals surface area (Å²) in [5.41, 5.74) is 1.02. The number of furan rings is 1. The van der Waals surface area contributed by atoms with Crippen molar-refractivity contribution >= 4 is 0 Å². The molecule has 0 aromatic carbocycles. The molecule has 1 heterocycles. The molecule has 16 heavy (non-hydrogen) atoms. The molecule has 0 saturated heterocycles. The molecule has 1 N–H and O–H groups in total. The van der Waals surface area contributed by atoms with Gasteiger partial charge in [-0.3, -0.25) is 0 Å². The van der Waals surface area contributed by atoms with Crippen LogP contribution in [0.25, 0.3) is 0 Å². The van der Waals surface area contributed by atoms with Gasteiger partial charge in [0.2, 0.25) is 0 Å². The highest BCUT2D eigenvalue weighted by Gasteiger charge is 2.28. The number of halogens is 3. The van der Waals surface area contributed by atoms with Crippen molar-refractivity contribution in [3.63, 3.8) is 0 Å². The van der Waals surface area contributed by atoms with E-state index in [2.05, 4.69) is 5.32 Å². The molecule has 0 saturated carbocycles. The second-order valence-corrected chi connectivity index (χ2v) is 4.06. The van der Waals surface area contributed by atoms with Gasteiger partial charge >= 0.3 is 6.18 Å². The topological polar surface area (TPSA) is 25.2 Å². The van der Waals surface area contributed by atoms with Gasteiger partial charge in [-0.05, 0) is 18.9 Å². The Labute approximate surface area is 91.8 Å². The molecule has 1 aliphatic carbocycles. The van der Waals surface area contributed by atoms with Gasteiger partial charge in [0.15, 0.2) is 0 Å². The van der Waals surface area contributed by atoms with Gasteiger partial charge in [-0.15, -0.1) is 0 Å². The largest absolute Gasteiger partial charge is 0.469 e. The molecule has 0 bridgehead atoms. The highest BCUT2D eigenvalue weighted by atomic mass is 19.4. The van der Waals surface area contributed by atoms with Gasteiger partial charge in [0, 0.05) is 24.6 Å². The van der Waals surface area contributed by atoms with E-state index < -0.39 is 12.6 Å². The predicted octanol–water partition coefficient (Wildman–Crippen LogP) is 3.20. The number of hydrogen-bond donors (Lipinski definition) is 1. The molecule has 0 radical (unpaired) electrons. The van der Waals surface area contributed by atoms with Crippen LogP contribution in [0, 0.1) is 0 Å². The van der Waals surface area contributed by atoms with Crippen LogP contribution >= 0.6 is 0 Å². The van der Waals surface area contributed by atoms with Crippen LogP contribution < -0.4 is 5.32 Å². The lowest BCUT2D eigenvalue weighted by Crippen LogP contribution is -2.28. The first kappa shape index (κ1) is 11.5. The van der Waals surface area contributed by atoms with Crippen molar-refractivity contribution in [2.45, 2.75) is 37.9 Å². The van der Waals surface area contributed by atoms with E-state index in [4.69, 9.17) is 4.42 Å². The lowest BCUT2D eigenvalue weighted by Gasteiger charge is -2.23. The number of rotatable bonds is 3. The normalized spacial score (nSPS) is 20.8. The smallest absolute Gasteiger partial charge is 0.390 e. The summed E-state index contributed by atoms with van der Waals surface area (Å²) in [5.74, 6) is 0.913. The maximum Gasteiger partial charge on any atom is 0.390 e. The summed E-state index contributed by atoms with van der Waals surface area (Å²) in [7, 11) is 0. The summed E-state index contributed by atoms with van der Waals surface area (Å²) in [5, 5.41) is 2.94. The average Bonchev–Trinajstić information content (AvgIpc) is 2.64. The summed E-state index contributed by atoms with van der Waals surface area (Å²) in [4.78, 5) is 0. The van der Waals surface area contributed by atoms with Crippen LogP contribution in [0.1, 0.15) is 36.6 Å². The standard InChI is InChI=1S/C11H14F3NO/c12-11(13,14)5-6-15-9-2-1-3-10-8(9)4-7-16-10/h4,7,9,15H,1-3,5-6H2. The Morgan fingerprint density at radius 2 is 2.25 bits per heavy atom. The zero-order chi connectivity index (χ0) is 11.6. The minimum Gasteiger partial charge on any atom is -0.469 e. The highest BCUT2D eigenvalue weighted by molar-refractivity contribution is 5.23. The third-order valence-corrected chi connectivity index (χ3v) is 2.85. The Hall–Kier alpha value is -0.970. The molecular formula is C11H14F3NO. The Morgan fingerprint density at radius 1 is 1.44 bits per heavy atom. The molecule has 1 aliphatic rings. The van der Waals surface area contributed by atoms with Crippen LogP contribution in [0.4, 0.5) is 13.2 Å². The minimum absolute atomic E-state index is 0.0184. The van der Waals surface area contributed by atoms with Crippen molar-refractivity contribution in [1.29, 1.82) is 0 Å². The number of hydrogen-bond acceptors (Lipinski definition) is 2. The Kier molecular flexibility index (Phi) is 3.23. The van der Waals surface area contributed by atoms with Crippen LogP contribution in [0.2, 0.25) is 0 Å². The molecule has 0 amide bonds. The van der Waals surface area contributed by atoms with E-state index in [1.54, 1.807) is 6.26 Å². The quantitative estimate of drug-likeness (QED) is 0.867. The van der Waals surface area contributed by atoms with Crippen molar-refractivity contribution in [1.82, 2.24) is 5.32 Å². The fourth-order valence-electron chi connectivity index (χ4n) is 2.09. The first-order valence-corrected chi connectivity index (χ1v) is 5.43. The maximum absolute atomic E-state index is 12.0. The maximum atomic E-state index is 12.0. The summed E-state index contributed by atoms with van der Waals surface area (Å²) < 4.78 is 41.2. The molecule has 1 atom stereocenters. The van der Waals surface area contributed by atoms with E-state index in [1.165, 1.54) is 0 Å². The molecule has 1 aromatic heterocycles. The second-order valence-electron chi connectivity index (χ2n) is 4.06. The molecule has 5 heteroatoms. The van der Waals surface area contributed by atoms with Gasteiger partial charge in [0.05, 0.1) is 12.7 Å². The molecule has 90 valence electrons. The lowest BCUT2D eigenvalue weighted by molar-refractivity contribution is -0.133.